The van der Waals surface area contributed by atoms with Gasteiger partial charge in [0.15, 0.2) is 0 Å². The van der Waals surface area contributed by atoms with Crippen LogP contribution >= 0.6 is 0 Å². The molecule has 0 saturated heterocycles. The summed E-state index contributed by atoms with van der Waals surface area (Å²) in [6.07, 6.45) is 4.70. The highest BCUT2D eigenvalue weighted by Gasteiger charge is 2.12. The van der Waals surface area contributed by atoms with E-state index in [-0.39, 0.29) is 22.6 Å². The summed E-state index contributed by atoms with van der Waals surface area (Å²) in [5.41, 5.74) is 0.252. The Kier molecular flexibility index (Phi) is 5.78. The molecule has 28 heavy (non-hydrogen) atoms. The van der Waals surface area contributed by atoms with Gasteiger partial charge in [-0.3, -0.25) is 14.9 Å². The van der Waals surface area contributed by atoms with E-state index in [1.807, 2.05) is 6.07 Å². The van der Waals surface area contributed by atoms with Gasteiger partial charge in [-0.1, -0.05) is 31.9 Å². The zero-order valence-corrected chi connectivity index (χ0v) is 15.4. The van der Waals surface area contributed by atoms with E-state index in [1.54, 1.807) is 18.2 Å². The molecule has 0 aliphatic rings. The van der Waals surface area contributed by atoms with Crippen LogP contribution in [0, 0.1) is 10.1 Å². The highest BCUT2D eigenvalue weighted by molar-refractivity contribution is 5.84. The molecular weight excluding hydrogens is 360 g/mol. The van der Waals surface area contributed by atoms with Crippen molar-refractivity contribution in [1.29, 1.82) is 0 Å². The fraction of sp³-hybridized carbons (Fsp3) is 0.250. The maximum atomic E-state index is 12.9. The van der Waals surface area contributed by atoms with Gasteiger partial charge < -0.3 is 5.11 Å². The highest BCUT2D eigenvalue weighted by Crippen LogP contribution is 2.21. The van der Waals surface area contributed by atoms with Crippen molar-refractivity contribution in [2.45, 2.75) is 32.6 Å². The van der Waals surface area contributed by atoms with E-state index in [1.165, 1.54) is 29.1 Å². The van der Waals surface area contributed by atoms with Gasteiger partial charge in [-0.05, 0) is 24.6 Å². The lowest BCUT2D eigenvalue weighted by atomic mass is 10.2. The average Bonchev–Trinajstić information content (AvgIpc) is 2.69. The number of unbranched alkanes of at least 4 members (excludes halogenated alkanes) is 2. The molecule has 0 aliphatic carbocycles. The van der Waals surface area contributed by atoms with E-state index in [2.05, 4.69) is 17.0 Å². The first-order chi connectivity index (χ1) is 13.5. The van der Waals surface area contributed by atoms with Gasteiger partial charge in [-0.2, -0.15) is 9.78 Å². The summed E-state index contributed by atoms with van der Waals surface area (Å²) in [6.45, 7) is 2.09. The first-order valence-corrected chi connectivity index (χ1v) is 9.03. The van der Waals surface area contributed by atoms with Crippen molar-refractivity contribution in [3.63, 3.8) is 0 Å². The molecule has 0 radical (unpaired) electrons. The van der Waals surface area contributed by atoms with Crippen molar-refractivity contribution in [3.05, 3.63) is 74.3 Å². The summed E-state index contributed by atoms with van der Waals surface area (Å²) < 4.78 is 1.20. The Morgan fingerprint density at radius 3 is 2.79 bits per heavy atom. The van der Waals surface area contributed by atoms with Gasteiger partial charge in [-0.15, -0.1) is 0 Å². The number of hydrogen-bond acceptors (Lipinski definition) is 6. The molecule has 0 aliphatic heterocycles. The number of phenolic OH excluding ortho intramolecular Hbond substituents is 1. The fourth-order valence-electron chi connectivity index (χ4n) is 2.86. The molecule has 3 aromatic rings. The van der Waals surface area contributed by atoms with Crippen LogP contribution in [-0.4, -0.2) is 25.9 Å². The molecule has 0 saturated carbocycles. The zero-order chi connectivity index (χ0) is 20.1. The van der Waals surface area contributed by atoms with Crippen molar-refractivity contribution in [2.24, 2.45) is 5.10 Å². The molecule has 2 aromatic carbocycles. The molecule has 0 unspecified atom stereocenters. The van der Waals surface area contributed by atoms with E-state index < -0.39 is 4.92 Å². The van der Waals surface area contributed by atoms with Gasteiger partial charge in [0.25, 0.3) is 11.2 Å². The van der Waals surface area contributed by atoms with E-state index >= 15 is 0 Å². The third-order valence-corrected chi connectivity index (χ3v) is 4.36. The van der Waals surface area contributed by atoms with Crippen molar-refractivity contribution >= 4 is 22.8 Å². The topological polar surface area (TPSA) is 111 Å². The number of fused-ring (bicyclic) bond motifs is 1. The molecular formula is C20H20N4O4. The maximum Gasteiger partial charge on any atom is 0.282 e. The summed E-state index contributed by atoms with van der Waals surface area (Å²) >= 11 is 0. The Bertz CT molecular complexity index is 1110. The average molecular weight is 380 g/mol. The van der Waals surface area contributed by atoms with Crippen LogP contribution in [0.25, 0.3) is 10.9 Å². The quantitative estimate of drug-likeness (QED) is 0.291. The third kappa shape index (κ3) is 4.06. The van der Waals surface area contributed by atoms with Crippen LogP contribution in [0.3, 0.4) is 0 Å². The molecule has 0 atom stereocenters. The number of para-hydroxylation sites is 1. The largest absolute Gasteiger partial charge is 0.507 e. The number of nitrogens with zero attached hydrogens (tertiary/aromatic N) is 4. The van der Waals surface area contributed by atoms with Crippen LogP contribution in [0.1, 0.15) is 37.6 Å². The van der Waals surface area contributed by atoms with Gasteiger partial charge in [0, 0.05) is 24.1 Å². The Hall–Kier alpha value is -3.55. The normalized spacial score (nSPS) is 11.3. The summed E-state index contributed by atoms with van der Waals surface area (Å²) in [6, 6.07) is 10.7. The minimum absolute atomic E-state index is 0.147. The Morgan fingerprint density at radius 1 is 1.25 bits per heavy atom. The fourth-order valence-corrected chi connectivity index (χ4v) is 2.86. The second-order valence-corrected chi connectivity index (χ2v) is 6.36. The molecule has 0 bridgehead atoms. The lowest BCUT2D eigenvalue weighted by Crippen LogP contribution is -2.22. The van der Waals surface area contributed by atoms with E-state index in [9.17, 15) is 20.0 Å². The number of nitro groups is 1. The molecule has 8 heteroatoms. The molecule has 0 fully saturated rings. The Balaban J connectivity index is 2.08. The Labute approximate surface area is 160 Å². The van der Waals surface area contributed by atoms with E-state index in [0.717, 1.165) is 19.3 Å². The SMILES string of the molecule is CCCCCc1nc2ccccc2c(=O)n1N=Cc1cc([N+](=O)[O-])ccc1O. The number of hydrogen-bond donors (Lipinski definition) is 1. The second-order valence-electron chi connectivity index (χ2n) is 6.36. The summed E-state index contributed by atoms with van der Waals surface area (Å²) in [7, 11) is 0. The highest BCUT2D eigenvalue weighted by atomic mass is 16.6. The van der Waals surface area contributed by atoms with Crippen molar-refractivity contribution < 1.29 is 10.0 Å². The monoisotopic (exact) mass is 380 g/mol. The molecule has 1 aromatic heterocycles. The minimum Gasteiger partial charge on any atom is -0.507 e. The molecule has 3 rings (SSSR count). The van der Waals surface area contributed by atoms with Crippen molar-refractivity contribution in [1.82, 2.24) is 9.66 Å². The molecule has 0 spiro atoms. The molecule has 8 nitrogen and oxygen atoms in total. The number of rotatable bonds is 7. The first-order valence-electron chi connectivity index (χ1n) is 9.03. The number of nitro benzene ring substituents is 1. The van der Waals surface area contributed by atoms with Crippen LogP contribution in [0.4, 0.5) is 5.69 Å². The van der Waals surface area contributed by atoms with Crippen LogP contribution in [0.5, 0.6) is 5.75 Å². The van der Waals surface area contributed by atoms with Crippen LogP contribution in [0.2, 0.25) is 0 Å². The van der Waals surface area contributed by atoms with Crippen molar-refractivity contribution in [3.8, 4) is 5.75 Å². The smallest absolute Gasteiger partial charge is 0.282 e. The molecule has 0 amide bonds. The molecule has 1 N–H and O–H groups in total. The number of aromatic hydroxyl groups is 1. The number of non-ortho nitro benzene ring substituents is 1. The third-order valence-electron chi connectivity index (χ3n) is 4.36. The van der Waals surface area contributed by atoms with Crippen LogP contribution in [0.15, 0.2) is 52.4 Å². The predicted octanol–water partition coefficient (Wildman–Crippen LogP) is 3.63. The van der Waals surface area contributed by atoms with Gasteiger partial charge in [0.1, 0.15) is 11.6 Å². The van der Waals surface area contributed by atoms with Gasteiger partial charge in [0.2, 0.25) is 0 Å². The van der Waals surface area contributed by atoms with Gasteiger partial charge >= 0.3 is 0 Å². The van der Waals surface area contributed by atoms with Gasteiger partial charge in [-0.25, -0.2) is 4.98 Å². The number of benzene rings is 2. The number of phenols is 1. The number of aryl methyl sites for hydroxylation is 1. The lowest BCUT2D eigenvalue weighted by molar-refractivity contribution is -0.384. The zero-order valence-electron chi connectivity index (χ0n) is 15.4. The maximum absolute atomic E-state index is 12.9. The summed E-state index contributed by atoms with van der Waals surface area (Å²) in [5.74, 6) is 0.349. The first kappa shape index (κ1) is 19.2. The molecule has 1 heterocycles. The minimum atomic E-state index is -0.559. The molecule has 144 valence electrons. The summed E-state index contributed by atoms with van der Waals surface area (Å²) in [5, 5.41) is 25.5. The van der Waals surface area contributed by atoms with E-state index in [4.69, 9.17) is 0 Å². The van der Waals surface area contributed by atoms with Crippen LogP contribution < -0.4 is 5.56 Å². The Morgan fingerprint density at radius 2 is 2.04 bits per heavy atom. The summed E-state index contributed by atoms with van der Waals surface area (Å²) in [4.78, 5) is 27.9. The van der Waals surface area contributed by atoms with Gasteiger partial charge in [0.05, 0.1) is 22.0 Å². The lowest BCUT2D eigenvalue weighted by Gasteiger charge is -2.09. The standard InChI is InChI=1S/C20H20N4O4/c1-2-3-4-9-19-22-17-8-6-5-7-16(17)20(26)23(19)21-13-14-12-15(24(27)28)10-11-18(14)25/h5-8,10-13,25H,2-4,9H2,1H3. The van der Waals surface area contributed by atoms with Crippen LogP contribution in [-0.2, 0) is 6.42 Å². The predicted molar refractivity (Wildman–Crippen MR) is 107 cm³/mol. The number of aromatic nitrogens is 2. The van der Waals surface area contributed by atoms with Crippen molar-refractivity contribution in [2.75, 3.05) is 0 Å². The van der Waals surface area contributed by atoms with E-state index in [0.29, 0.717) is 23.1 Å². The second kappa shape index (κ2) is 8.43.